The predicted octanol–water partition coefficient (Wildman–Crippen LogP) is 3.07. The number of halogens is 1. The molecule has 112 valence electrons. The lowest BCUT2D eigenvalue weighted by atomic mass is 10.1. The average Bonchev–Trinajstić information content (AvgIpc) is 2.85. The van der Waals surface area contributed by atoms with Crippen molar-refractivity contribution in [1.29, 1.82) is 0 Å². The summed E-state index contributed by atoms with van der Waals surface area (Å²) in [6.45, 7) is 1.78. The van der Waals surface area contributed by atoms with E-state index in [1.54, 1.807) is 6.92 Å². The number of benzene rings is 1. The molecule has 0 saturated heterocycles. The maximum absolute atomic E-state index is 12.1. The maximum Gasteiger partial charge on any atom is 0.274 e. The molecule has 0 aliphatic rings. The van der Waals surface area contributed by atoms with Gasteiger partial charge in [-0.15, -0.1) is 0 Å². The van der Waals surface area contributed by atoms with Gasteiger partial charge in [-0.2, -0.15) is 0 Å². The lowest BCUT2D eigenvalue weighted by Crippen LogP contribution is -2.11. The van der Waals surface area contributed by atoms with Crippen LogP contribution in [0.5, 0.6) is 0 Å². The third-order valence-electron chi connectivity index (χ3n) is 2.64. The molecule has 1 aromatic heterocycles. The molecule has 0 aliphatic carbocycles. The van der Waals surface area contributed by atoms with Gasteiger partial charge in [0.2, 0.25) is 0 Å². The van der Waals surface area contributed by atoms with Crippen molar-refractivity contribution < 1.29 is 13.3 Å². The molecule has 0 fully saturated rings. The first-order chi connectivity index (χ1) is 9.83. The first kappa shape index (κ1) is 15.7. The van der Waals surface area contributed by atoms with E-state index in [2.05, 4.69) is 9.71 Å². The van der Waals surface area contributed by atoms with Crippen LogP contribution in [0.4, 0.5) is 11.4 Å². The SMILES string of the molecule is CCc1ccc(NS(=O)(=O)c2cnc(Cl)s2)cc1[N+](=O)[O-]. The van der Waals surface area contributed by atoms with Crippen molar-refractivity contribution in [2.24, 2.45) is 0 Å². The number of thiazole rings is 1. The Labute approximate surface area is 129 Å². The van der Waals surface area contributed by atoms with Crippen LogP contribution in [0.25, 0.3) is 0 Å². The van der Waals surface area contributed by atoms with Crippen LogP contribution in [-0.4, -0.2) is 18.3 Å². The van der Waals surface area contributed by atoms with Gasteiger partial charge in [0.05, 0.1) is 16.8 Å². The summed E-state index contributed by atoms with van der Waals surface area (Å²) in [5, 5.41) is 11.0. The van der Waals surface area contributed by atoms with Crippen LogP contribution in [0.3, 0.4) is 0 Å². The van der Waals surface area contributed by atoms with Crippen molar-refractivity contribution in [3.8, 4) is 0 Å². The van der Waals surface area contributed by atoms with Crippen molar-refractivity contribution >= 4 is 44.3 Å². The lowest BCUT2D eigenvalue weighted by molar-refractivity contribution is -0.385. The molecule has 2 aromatic rings. The molecule has 10 heteroatoms. The first-order valence-electron chi connectivity index (χ1n) is 5.75. The number of anilines is 1. The fourth-order valence-corrected chi connectivity index (χ4v) is 4.01. The molecule has 1 aromatic carbocycles. The fourth-order valence-electron chi connectivity index (χ4n) is 1.67. The van der Waals surface area contributed by atoms with E-state index < -0.39 is 14.9 Å². The standard InChI is InChI=1S/C11H10ClN3O4S2/c1-2-7-3-4-8(5-9(7)15(16)17)14-21(18,19)10-6-13-11(12)20-10/h3-6,14H,2H2,1H3. The van der Waals surface area contributed by atoms with Gasteiger partial charge in [0, 0.05) is 11.6 Å². The van der Waals surface area contributed by atoms with Gasteiger partial charge in [0.15, 0.2) is 8.68 Å². The Kier molecular flexibility index (Phi) is 4.45. The van der Waals surface area contributed by atoms with E-state index in [1.165, 1.54) is 18.2 Å². The van der Waals surface area contributed by atoms with E-state index in [1.807, 2.05) is 0 Å². The van der Waals surface area contributed by atoms with Crippen molar-refractivity contribution in [2.45, 2.75) is 17.6 Å². The monoisotopic (exact) mass is 347 g/mol. The van der Waals surface area contributed by atoms with Gasteiger partial charge in [-0.05, 0) is 12.5 Å². The second-order valence-electron chi connectivity index (χ2n) is 3.99. The van der Waals surface area contributed by atoms with Crippen LogP contribution in [0.15, 0.2) is 28.6 Å². The van der Waals surface area contributed by atoms with Crippen LogP contribution in [0.1, 0.15) is 12.5 Å². The number of rotatable bonds is 5. The van der Waals surface area contributed by atoms with Crippen molar-refractivity contribution in [3.63, 3.8) is 0 Å². The van der Waals surface area contributed by atoms with Crippen LogP contribution < -0.4 is 4.72 Å². The van der Waals surface area contributed by atoms with E-state index in [-0.39, 0.29) is 20.1 Å². The normalized spacial score (nSPS) is 11.3. The molecule has 0 spiro atoms. The summed E-state index contributed by atoms with van der Waals surface area (Å²) in [5.74, 6) is 0. The number of nitro groups is 1. The van der Waals surface area contributed by atoms with Crippen LogP contribution in [0.2, 0.25) is 4.47 Å². The number of sulfonamides is 1. The number of hydrogen-bond donors (Lipinski definition) is 1. The Bertz CT molecular complexity index is 789. The Balaban J connectivity index is 2.36. The van der Waals surface area contributed by atoms with E-state index in [0.717, 1.165) is 17.5 Å². The van der Waals surface area contributed by atoms with Gasteiger partial charge < -0.3 is 0 Å². The van der Waals surface area contributed by atoms with Gasteiger partial charge in [-0.1, -0.05) is 35.9 Å². The van der Waals surface area contributed by atoms with Gasteiger partial charge in [-0.3, -0.25) is 14.8 Å². The number of nitrogens with one attached hydrogen (secondary N) is 1. The average molecular weight is 348 g/mol. The fraction of sp³-hybridized carbons (Fsp3) is 0.182. The molecule has 0 unspecified atom stereocenters. The number of nitrogens with zero attached hydrogens (tertiary/aromatic N) is 2. The zero-order chi connectivity index (χ0) is 15.6. The Hall–Kier alpha value is -1.71. The topological polar surface area (TPSA) is 102 Å². The minimum atomic E-state index is -3.86. The van der Waals surface area contributed by atoms with Gasteiger partial charge in [0.25, 0.3) is 15.7 Å². The van der Waals surface area contributed by atoms with Crippen molar-refractivity contribution in [2.75, 3.05) is 4.72 Å². The number of hydrogen-bond acceptors (Lipinski definition) is 6. The summed E-state index contributed by atoms with van der Waals surface area (Å²) < 4.78 is 26.5. The van der Waals surface area contributed by atoms with E-state index in [9.17, 15) is 18.5 Å². The second kappa shape index (κ2) is 5.96. The van der Waals surface area contributed by atoms with E-state index >= 15 is 0 Å². The zero-order valence-electron chi connectivity index (χ0n) is 10.7. The molecular formula is C11H10ClN3O4S2. The van der Waals surface area contributed by atoms with Gasteiger partial charge in [-0.25, -0.2) is 13.4 Å². The minimum absolute atomic E-state index is 0.0604. The van der Waals surface area contributed by atoms with E-state index in [0.29, 0.717) is 12.0 Å². The minimum Gasteiger partial charge on any atom is -0.279 e. The van der Waals surface area contributed by atoms with E-state index in [4.69, 9.17) is 11.6 Å². The Morgan fingerprint density at radius 2 is 2.19 bits per heavy atom. The molecule has 0 radical (unpaired) electrons. The molecule has 0 amide bonds. The second-order valence-corrected chi connectivity index (χ2v) is 7.51. The third-order valence-corrected chi connectivity index (χ3v) is 5.59. The highest BCUT2D eigenvalue weighted by Gasteiger charge is 2.20. The van der Waals surface area contributed by atoms with Crippen LogP contribution >= 0.6 is 22.9 Å². The smallest absolute Gasteiger partial charge is 0.274 e. The van der Waals surface area contributed by atoms with Gasteiger partial charge in [0.1, 0.15) is 0 Å². The van der Waals surface area contributed by atoms with Crippen LogP contribution in [0, 0.1) is 10.1 Å². The summed E-state index contributed by atoms with van der Waals surface area (Å²) in [6, 6.07) is 4.20. The summed E-state index contributed by atoms with van der Waals surface area (Å²) in [6.07, 6.45) is 1.61. The van der Waals surface area contributed by atoms with Crippen LogP contribution in [-0.2, 0) is 16.4 Å². The Morgan fingerprint density at radius 1 is 1.48 bits per heavy atom. The number of nitro benzene ring substituents is 1. The van der Waals surface area contributed by atoms with Crippen molar-refractivity contribution in [1.82, 2.24) is 4.98 Å². The summed E-state index contributed by atoms with van der Waals surface area (Å²) >= 11 is 6.40. The molecule has 2 rings (SSSR count). The quantitative estimate of drug-likeness (QED) is 0.661. The molecule has 21 heavy (non-hydrogen) atoms. The lowest BCUT2D eigenvalue weighted by Gasteiger charge is -2.07. The molecule has 0 saturated carbocycles. The number of aryl methyl sites for hydroxylation is 1. The molecule has 1 heterocycles. The highest BCUT2D eigenvalue weighted by molar-refractivity contribution is 7.94. The predicted molar refractivity (Wildman–Crippen MR) is 80.4 cm³/mol. The molecule has 0 atom stereocenters. The molecule has 0 aliphatic heterocycles. The molecular weight excluding hydrogens is 338 g/mol. The molecule has 7 nitrogen and oxygen atoms in total. The number of aromatic nitrogens is 1. The summed E-state index contributed by atoms with van der Waals surface area (Å²) in [4.78, 5) is 14.1. The largest absolute Gasteiger partial charge is 0.279 e. The third kappa shape index (κ3) is 3.49. The Morgan fingerprint density at radius 3 is 2.71 bits per heavy atom. The maximum atomic E-state index is 12.1. The molecule has 0 bridgehead atoms. The summed E-state index contributed by atoms with van der Waals surface area (Å²) in [5.41, 5.74) is 0.521. The first-order valence-corrected chi connectivity index (χ1v) is 8.42. The highest BCUT2D eigenvalue weighted by Crippen LogP contribution is 2.28. The van der Waals surface area contributed by atoms with Crippen molar-refractivity contribution in [3.05, 3.63) is 44.5 Å². The van der Waals surface area contributed by atoms with Gasteiger partial charge >= 0.3 is 0 Å². The summed E-state index contributed by atoms with van der Waals surface area (Å²) in [7, 11) is -3.86. The highest BCUT2D eigenvalue weighted by atomic mass is 35.5. The zero-order valence-corrected chi connectivity index (χ0v) is 13.1. The molecule has 1 N–H and O–H groups in total.